The van der Waals surface area contributed by atoms with Crippen LogP contribution < -0.4 is 10.1 Å². The summed E-state index contributed by atoms with van der Waals surface area (Å²) in [5.41, 5.74) is 1.36. The van der Waals surface area contributed by atoms with Crippen LogP contribution >= 0.6 is 0 Å². The molecule has 1 aromatic rings. The van der Waals surface area contributed by atoms with Crippen LogP contribution in [0.5, 0.6) is 5.88 Å². The van der Waals surface area contributed by atoms with Gasteiger partial charge in [-0.15, -0.1) is 0 Å². The van der Waals surface area contributed by atoms with Crippen LogP contribution in [0.3, 0.4) is 0 Å². The Morgan fingerprint density at radius 3 is 2.95 bits per heavy atom. The van der Waals surface area contributed by atoms with E-state index in [1.165, 1.54) is 18.4 Å². The summed E-state index contributed by atoms with van der Waals surface area (Å²) in [4.78, 5) is 6.82. The Hall–Kier alpha value is -1.13. The van der Waals surface area contributed by atoms with Crippen molar-refractivity contribution in [2.24, 2.45) is 0 Å². The van der Waals surface area contributed by atoms with E-state index in [0.717, 1.165) is 25.5 Å². The highest BCUT2D eigenvalue weighted by Crippen LogP contribution is 2.23. The van der Waals surface area contributed by atoms with E-state index < -0.39 is 0 Å². The minimum atomic E-state index is 0.181. The fourth-order valence-electron chi connectivity index (χ4n) is 2.71. The van der Waals surface area contributed by atoms with Crippen molar-refractivity contribution < 1.29 is 4.74 Å². The molecule has 1 N–H and O–H groups in total. The van der Waals surface area contributed by atoms with Gasteiger partial charge >= 0.3 is 0 Å². The molecule has 0 aliphatic carbocycles. The number of methoxy groups -OCH3 is 1. The van der Waals surface area contributed by atoms with E-state index in [2.05, 4.69) is 42.0 Å². The topological polar surface area (TPSA) is 37.4 Å². The van der Waals surface area contributed by atoms with Crippen molar-refractivity contribution in [3.63, 3.8) is 0 Å². The lowest BCUT2D eigenvalue weighted by molar-refractivity contribution is 0.222. The van der Waals surface area contributed by atoms with Crippen LogP contribution in [0.15, 0.2) is 18.3 Å². The summed E-state index contributed by atoms with van der Waals surface area (Å²) in [6.07, 6.45) is 4.33. The van der Waals surface area contributed by atoms with Crippen LogP contribution in [0.1, 0.15) is 39.2 Å². The first-order chi connectivity index (χ1) is 9.49. The molecule has 1 atom stereocenters. The van der Waals surface area contributed by atoms with E-state index >= 15 is 0 Å². The molecule has 1 aromatic heterocycles. The number of nitrogens with zero attached hydrogens (tertiary/aromatic N) is 2. The fourth-order valence-corrected chi connectivity index (χ4v) is 2.71. The molecule has 1 aliphatic rings. The maximum absolute atomic E-state index is 5.35. The molecule has 4 nitrogen and oxygen atoms in total. The molecule has 1 fully saturated rings. The molecule has 0 amide bonds. The minimum absolute atomic E-state index is 0.181. The van der Waals surface area contributed by atoms with Crippen LogP contribution in [-0.2, 0) is 6.54 Å². The first-order valence-corrected chi connectivity index (χ1v) is 7.46. The Labute approximate surface area is 122 Å². The van der Waals surface area contributed by atoms with Crippen LogP contribution in [0.25, 0.3) is 0 Å². The van der Waals surface area contributed by atoms with Crippen LogP contribution in [0.4, 0.5) is 0 Å². The smallest absolute Gasteiger partial charge is 0.217 e. The summed E-state index contributed by atoms with van der Waals surface area (Å²) in [6.45, 7) is 9.79. The first kappa shape index (κ1) is 15.3. The van der Waals surface area contributed by atoms with Gasteiger partial charge in [0.25, 0.3) is 0 Å². The fraction of sp³-hybridized carbons (Fsp3) is 0.688. The average molecular weight is 277 g/mol. The monoisotopic (exact) mass is 277 g/mol. The van der Waals surface area contributed by atoms with Crippen molar-refractivity contribution in [3.05, 3.63) is 23.9 Å². The second kappa shape index (κ2) is 6.55. The zero-order valence-corrected chi connectivity index (χ0v) is 13.1. The minimum Gasteiger partial charge on any atom is -0.481 e. The van der Waals surface area contributed by atoms with Crippen LogP contribution in [0, 0.1) is 0 Å². The molecule has 4 heteroatoms. The second-order valence-corrected chi connectivity index (χ2v) is 6.57. The molecule has 0 radical (unpaired) electrons. The number of pyridine rings is 1. The maximum atomic E-state index is 5.35. The van der Waals surface area contributed by atoms with Crippen molar-refractivity contribution in [3.8, 4) is 5.88 Å². The van der Waals surface area contributed by atoms with E-state index in [0.29, 0.717) is 6.04 Å². The second-order valence-electron chi connectivity index (χ2n) is 6.57. The molecular weight excluding hydrogens is 250 g/mol. The SMILES string of the molecule is COc1ncccc1CN1CCCC1CNC(C)(C)C. The number of hydrogen-bond donors (Lipinski definition) is 1. The summed E-state index contributed by atoms with van der Waals surface area (Å²) < 4.78 is 5.35. The summed E-state index contributed by atoms with van der Waals surface area (Å²) in [7, 11) is 1.69. The zero-order valence-electron chi connectivity index (χ0n) is 13.1. The summed E-state index contributed by atoms with van der Waals surface area (Å²) in [6, 6.07) is 4.70. The zero-order chi connectivity index (χ0) is 14.6. The van der Waals surface area contributed by atoms with Gasteiger partial charge in [-0.05, 0) is 46.2 Å². The molecule has 20 heavy (non-hydrogen) atoms. The molecule has 0 aromatic carbocycles. The van der Waals surface area contributed by atoms with Gasteiger partial charge in [0.2, 0.25) is 5.88 Å². The van der Waals surface area contributed by atoms with Gasteiger partial charge in [0.15, 0.2) is 0 Å². The van der Waals surface area contributed by atoms with E-state index in [9.17, 15) is 0 Å². The molecular formula is C16H27N3O. The maximum Gasteiger partial charge on any atom is 0.217 e. The van der Waals surface area contributed by atoms with Crippen LogP contribution in [0.2, 0.25) is 0 Å². The number of aromatic nitrogens is 1. The van der Waals surface area contributed by atoms with Gasteiger partial charge in [0.05, 0.1) is 7.11 Å². The third kappa shape index (κ3) is 4.18. The summed E-state index contributed by atoms with van der Waals surface area (Å²) in [5.74, 6) is 0.752. The van der Waals surface area contributed by atoms with Gasteiger partial charge in [0, 0.05) is 36.4 Å². The van der Waals surface area contributed by atoms with Gasteiger partial charge in [-0.2, -0.15) is 0 Å². The highest BCUT2D eigenvalue weighted by Gasteiger charge is 2.26. The van der Waals surface area contributed by atoms with Crippen molar-refractivity contribution in [2.45, 2.75) is 51.7 Å². The van der Waals surface area contributed by atoms with E-state index in [1.807, 2.05) is 6.07 Å². The molecule has 112 valence electrons. The van der Waals surface area contributed by atoms with Gasteiger partial charge in [0.1, 0.15) is 0 Å². The molecule has 1 saturated heterocycles. The predicted octanol–water partition coefficient (Wildman–Crippen LogP) is 2.44. The highest BCUT2D eigenvalue weighted by atomic mass is 16.5. The Morgan fingerprint density at radius 2 is 2.25 bits per heavy atom. The normalized spacial score (nSPS) is 20.3. The molecule has 0 saturated carbocycles. The summed E-state index contributed by atoms with van der Waals surface area (Å²) >= 11 is 0. The quantitative estimate of drug-likeness (QED) is 0.897. The van der Waals surface area contributed by atoms with E-state index in [1.54, 1.807) is 13.3 Å². The highest BCUT2D eigenvalue weighted by molar-refractivity contribution is 5.25. The van der Waals surface area contributed by atoms with E-state index in [-0.39, 0.29) is 5.54 Å². The summed E-state index contributed by atoms with van der Waals surface area (Å²) in [5, 5.41) is 3.62. The third-order valence-electron chi connectivity index (χ3n) is 3.78. The van der Waals surface area contributed by atoms with Gasteiger partial charge < -0.3 is 10.1 Å². The van der Waals surface area contributed by atoms with Gasteiger partial charge in [-0.25, -0.2) is 4.98 Å². The predicted molar refractivity (Wildman–Crippen MR) is 82.0 cm³/mol. The van der Waals surface area contributed by atoms with Crippen molar-refractivity contribution >= 4 is 0 Å². The number of likely N-dealkylation sites (tertiary alicyclic amines) is 1. The van der Waals surface area contributed by atoms with Crippen molar-refractivity contribution in [1.29, 1.82) is 0 Å². The first-order valence-electron chi connectivity index (χ1n) is 7.46. The number of rotatable bonds is 5. The standard InChI is InChI=1S/C16H27N3O/c1-16(2,3)18-11-14-8-6-10-19(14)12-13-7-5-9-17-15(13)20-4/h5,7,9,14,18H,6,8,10-12H2,1-4H3. The van der Waals surface area contributed by atoms with Gasteiger partial charge in [-0.3, -0.25) is 4.90 Å². The molecule has 0 spiro atoms. The largest absolute Gasteiger partial charge is 0.481 e. The Bertz CT molecular complexity index is 428. The van der Waals surface area contributed by atoms with Crippen molar-refractivity contribution in [2.75, 3.05) is 20.2 Å². The van der Waals surface area contributed by atoms with Crippen LogP contribution in [-0.4, -0.2) is 41.7 Å². The number of hydrogen-bond acceptors (Lipinski definition) is 4. The average Bonchev–Trinajstić information content (AvgIpc) is 2.83. The Kier molecular flexibility index (Phi) is 5.00. The molecule has 1 unspecified atom stereocenters. The lowest BCUT2D eigenvalue weighted by Gasteiger charge is -2.29. The Balaban J connectivity index is 1.97. The third-order valence-corrected chi connectivity index (χ3v) is 3.78. The lowest BCUT2D eigenvalue weighted by atomic mass is 10.1. The molecule has 0 bridgehead atoms. The Morgan fingerprint density at radius 1 is 1.45 bits per heavy atom. The van der Waals surface area contributed by atoms with Crippen molar-refractivity contribution in [1.82, 2.24) is 15.2 Å². The number of nitrogens with one attached hydrogen (secondary N) is 1. The molecule has 2 rings (SSSR count). The number of ether oxygens (including phenoxy) is 1. The molecule has 2 heterocycles. The molecule has 1 aliphatic heterocycles. The lowest BCUT2D eigenvalue weighted by Crippen LogP contribution is -2.45. The van der Waals surface area contributed by atoms with E-state index in [4.69, 9.17) is 4.74 Å². The van der Waals surface area contributed by atoms with Gasteiger partial charge in [-0.1, -0.05) is 6.07 Å².